The highest BCUT2D eigenvalue weighted by atomic mass is 19.1. The molecule has 3 atom stereocenters. The number of halogens is 1. The molecule has 1 N–H and O–H groups in total. The van der Waals surface area contributed by atoms with Crippen LogP contribution in [0.5, 0.6) is 0 Å². The number of hydrogen-bond donors (Lipinski definition) is 1. The maximum absolute atomic E-state index is 12.9. The second-order valence-electron chi connectivity index (χ2n) is 4.51. The molecule has 2 rings (SSSR count). The van der Waals surface area contributed by atoms with Crippen molar-refractivity contribution in [1.82, 2.24) is 4.98 Å². The van der Waals surface area contributed by atoms with Gasteiger partial charge in [0.1, 0.15) is 5.82 Å². The van der Waals surface area contributed by atoms with Crippen LogP contribution in [0.4, 0.5) is 10.2 Å². The normalized spacial score (nSPS) is 30.5. The molecule has 3 heteroatoms. The molecule has 0 saturated heterocycles. The van der Waals surface area contributed by atoms with Gasteiger partial charge in [-0.25, -0.2) is 4.98 Å². The number of pyridine rings is 1. The molecule has 1 aliphatic carbocycles. The molecule has 1 saturated carbocycles. The van der Waals surface area contributed by atoms with Crippen molar-refractivity contribution in [3.63, 3.8) is 0 Å². The summed E-state index contributed by atoms with van der Waals surface area (Å²) >= 11 is 0. The fourth-order valence-corrected chi connectivity index (χ4v) is 2.25. The smallest absolute Gasteiger partial charge is 0.214 e. The van der Waals surface area contributed by atoms with E-state index in [9.17, 15) is 4.39 Å². The van der Waals surface area contributed by atoms with Crippen LogP contribution in [-0.4, -0.2) is 11.0 Å². The molecule has 1 heterocycles. The predicted octanol–water partition coefficient (Wildman–Crippen LogP) is 3.07. The summed E-state index contributed by atoms with van der Waals surface area (Å²) in [4.78, 5) is 3.82. The van der Waals surface area contributed by atoms with E-state index in [2.05, 4.69) is 24.1 Å². The summed E-state index contributed by atoms with van der Waals surface area (Å²) in [7, 11) is 0. The number of nitrogens with zero attached hydrogens (tertiary/aromatic N) is 1. The van der Waals surface area contributed by atoms with Crippen molar-refractivity contribution in [3.8, 4) is 0 Å². The third-order valence-corrected chi connectivity index (χ3v) is 3.51. The summed E-state index contributed by atoms with van der Waals surface area (Å²) in [5.41, 5.74) is 0. The molecule has 1 aromatic heterocycles. The minimum atomic E-state index is -0.418. The lowest BCUT2D eigenvalue weighted by Crippen LogP contribution is -2.24. The Morgan fingerprint density at radius 2 is 2.13 bits per heavy atom. The zero-order chi connectivity index (χ0) is 10.8. The summed E-state index contributed by atoms with van der Waals surface area (Å²) in [6.07, 6.45) is 2.40. The molecule has 1 fully saturated rings. The van der Waals surface area contributed by atoms with E-state index < -0.39 is 5.95 Å². The Bertz CT molecular complexity index is 340. The van der Waals surface area contributed by atoms with Crippen LogP contribution >= 0.6 is 0 Å². The van der Waals surface area contributed by atoms with Gasteiger partial charge in [0.2, 0.25) is 5.95 Å². The highest BCUT2D eigenvalue weighted by Crippen LogP contribution is 2.32. The minimum Gasteiger partial charge on any atom is -0.367 e. The molecule has 0 aromatic carbocycles. The number of anilines is 1. The van der Waals surface area contributed by atoms with Crippen LogP contribution in [0.2, 0.25) is 0 Å². The first-order chi connectivity index (χ1) is 7.16. The van der Waals surface area contributed by atoms with E-state index in [-0.39, 0.29) is 0 Å². The van der Waals surface area contributed by atoms with Crippen LogP contribution in [0, 0.1) is 17.8 Å². The molecule has 0 spiro atoms. The lowest BCUT2D eigenvalue weighted by molar-refractivity contribution is 0.434. The molecular weight excluding hydrogens is 191 g/mol. The Morgan fingerprint density at radius 1 is 1.33 bits per heavy atom. The lowest BCUT2D eigenvalue weighted by Gasteiger charge is -2.20. The van der Waals surface area contributed by atoms with Gasteiger partial charge in [0, 0.05) is 6.04 Å². The Hall–Kier alpha value is -1.12. The van der Waals surface area contributed by atoms with Gasteiger partial charge in [-0.05, 0) is 36.8 Å². The average Bonchev–Trinajstić information content (AvgIpc) is 2.50. The van der Waals surface area contributed by atoms with Crippen LogP contribution in [0.25, 0.3) is 0 Å². The summed E-state index contributed by atoms with van der Waals surface area (Å²) in [5.74, 6) is 1.62. The van der Waals surface area contributed by atoms with E-state index in [0.29, 0.717) is 17.8 Å². The van der Waals surface area contributed by atoms with E-state index >= 15 is 0 Å². The largest absolute Gasteiger partial charge is 0.367 e. The van der Waals surface area contributed by atoms with Gasteiger partial charge in [-0.15, -0.1) is 0 Å². The fraction of sp³-hybridized carbons (Fsp3) is 0.583. The van der Waals surface area contributed by atoms with E-state index in [1.807, 2.05) is 6.07 Å². The van der Waals surface area contributed by atoms with Crippen molar-refractivity contribution in [1.29, 1.82) is 0 Å². The maximum atomic E-state index is 12.9. The molecular formula is C12H17FN2. The molecule has 15 heavy (non-hydrogen) atoms. The number of nitrogens with one attached hydrogen (secondary N) is 1. The zero-order valence-corrected chi connectivity index (χ0v) is 9.20. The van der Waals surface area contributed by atoms with Gasteiger partial charge in [0.25, 0.3) is 0 Å². The second kappa shape index (κ2) is 4.17. The van der Waals surface area contributed by atoms with Crippen LogP contribution < -0.4 is 5.32 Å². The van der Waals surface area contributed by atoms with Crippen LogP contribution in [0.15, 0.2) is 18.2 Å². The highest BCUT2D eigenvalue weighted by Gasteiger charge is 2.29. The summed E-state index contributed by atoms with van der Waals surface area (Å²) in [6, 6.07) is 5.31. The van der Waals surface area contributed by atoms with Gasteiger partial charge >= 0.3 is 0 Å². The topological polar surface area (TPSA) is 24.9 Å². The molecule has 3 unspecified atom stereocenters. The second-order valence-corrected chi connectivity index (χ2v) is 4.51. The summed E-state index contributed by atoms with van der Waals surface area (Å²) in [5, 5.41) is 3.31. The third kappa shape index (κ3) is 2.28. The first-order valence-corrected chi connectivity index (χ1v) is 5.56. The van der Waals surface area contributed by atoms with Crippen molar-refractivity contribution in [2.24, 2.45) is 11.8 Å². The van der Waals surface area contributed by atoms with E-state index in [1.54, 1.807) is 6.07 Å². The Kier molecular flexibility index (Phi) is 2.89. The maximum Gasteiger partial charge on any atom is 0.214 e. The molecule has 82 valence electrons. The minimum absolute atomic E-state index is 0.418. The van der Waals surface area contributed by atoms with Gasteiger partial charge in [-0.1, -0.05) is 19.9 Å². The van der Waals surface area contributed by atoms with Crippen molar-refractivity contribution in [2.45, 2.75) is 32.7 Å². The average molecular weight is 208 g/mol. The standard InChI is InChI=1S/C12H17FN2/c1-8-6-7-10(9(8)2)14-12-5-3-4-11(13)15-12/h3-5,8-10H,6-7H2,1-2H3,(H,14,15). The van der Waals surface area contributed by atoms with Gasteiger partial charge in [0.05, 0.1) is 0 Å². The van der Waals surface area contributed by atoms with Crippen molar-refractivity contribution < 1.29 is 4.39 Å². The van der Waals surface area contributed by atoms with Gasteiger partial charge in [-0.3, -0.25) is 0 Å². The Balaban J connectivity index is 2.03. The third-order valence-electron chi connectivity index (χ3n) is 3.51. The fourth-order valence-electron chi connectivity index (χ4n) is 2.25. The first kappa shape index (κ1) is 10.4. The monoisotopic (exact) mass is 208 g/mol. The molecule has 0 radical (unpaired) electrons. The molecule has 0 aliphatic heterocycles. The van der Waals surface area contributed by atoms with Crippen LogP contribution in [0.1, 0.15) is 26.7 Å². The van der Waals surface area contributed by atoms with Gasteiger partial charge in [0.15, 0.2) is 0 Å². The Morgan fingerprint density at radius 3 is 2.73 bits per heavy atom. The highest BCUT2D eigenvalue weighted by molar-refractivity contribution is 5.35. The first-order valence-electron chi connectivity index (χ1n) is 5.56. The zero-order valence-electron chi connectivity index (χ0n) is 9.20. The van der Waals surface area contributed by atoms with E-state index in [4.69, 9.17) is 0 Å². The summed E-state index contributed by atoms with van der Waals surface area (Å²) < 4.78 is 12.9. The molecule has 0 bridgehead atoms. The predicted molar refractivity (Wildman–Crippen MR) is 59.2 cm³/mol. The molecule has 1 aromatic rings. The van der Waals surface area contributed by atoms with E-state index in [0.717, 1.165) is 12.3 Å². The molecule has 1 aliphatic rings. The Labute approximate surface area is 89.9 Å². The summed E-state index contributed by atoms with van der Waals surface area (Å²) in [6.45, 7) is 4.51. The van der Waals surface area contributed by atoms with Crippen LogP contribution in [0.3, 0.4) is 0 Å². The quantitative estimate of drug-likeness (QED) is 0.755. The van der Waals surface area contributed by atoms with Crippen LogP contribution in [-0.2, 0) is 0 Å². The van der Waals surface area contributed by atoms with Crippen molar-refractivity contribution in [2.75, 3.05) is 5.32 Å². The number of rotatable bonds is 2. The molecule has 0 amide bonds. The van der Waals surface area contributed by atoms with E-state index in [1.165, 1.54) is 12.5 Å². The van der Waals surface area contributed by atoms with Gasteiger partial charge in [-0.2, -0.15) is 4.39 Å². The lowest BCUT2D eigenvalue weighted by atomic mass is 9.98. The number of hydrogen-bond acceptors (Lipinski definition) is 2. The molecule has 2 nitrogen and oxygen atoms in total. The SMILES string of the molecule is CC1CCC(Nc2cccc(F)n2)C1C. The van der Waals surface area contributed by atoms with Crippen molar-refractivity contribution >= 4 is 5.82 Å². The number of aromatic nitrogens is 1. The van der Waals surface area contributed by atoms with Crippen molar-refractivity contribution in [3.05, 3.63) is 24.1 Å². The van der Waals surface area contributed by atoms with Gasteiger partial charge < -0.3 is 5.32 Å².